The van der Waals surface area contributed by atoms with Crippen LogP contribution in [-0.2, 0) is 17.8 Å². The third-order valence-electron chi connectivity index (χ3n) is 2.65. The number of nitrogens with zero attached hydrogens (tertiary/aromatic N) is 2. The molecule has 2 rings (SSSR count). The third-order valence-corrected chi connectivity index (χ3v) is 2.65. The van der Waals surface area contributed by atoms with E-state index in [9.17, 15) is 4.79 Å². The van der Waals surface area contributed by atoms with Gasteiger partial charge in [-0.3, -0.25) is 10.1 Å². The zero-order valence-electron chi connectivity index (χ0n) is 9.14. The predicted octanol–water partition coefficient (Wildman–Crippen LogP) is 0.585. The number of aliphatic carboxylic acids is 1. The van der Waals surface area contributed by atoms with Crippen molar-refractivity contribution in [1.29, 1.82) is 0 Å². The molecule has 88 valence electrons. The van der Waals surface area contributed by atoms with Crippen LogP contribution in [0.4, 0.5) is 0 Å². The van der Waals surface area contributed by atoms with Gasteiger partial charge in [0.2, 0.25) is 5.89 Å². The second-order valence-electron chi connectivity index (χ2n) is 3.99. The van der Waals surface area contributed by atoms with Crippen molar-refractivity contribution in [2.24, 2.45) is 5.92 Å². The van der Waals surface area contributed by atoms with E-state index in [0.717, 1.165) is 12.8 Å². The van der Waals surface area contributed by atoms with Gasteiger partial charge in [-0.1, -0.05) is 12.1 Å². The Morgan fingerprint density at radius 1 is 1.69 bits per heavy atom. The average molecular weight is 225 g/mol. The van der Waals surface area contributed by atoms with Gasteiger partial charge in [-0.25, -0.2) is 0 Å². The second kappa shape index (κ2) is 4.61. The van der Waals surface area contributed by atoms with Crippen LogP contribution in [0, 0.1) is 5.92 Å². The number of rotatable bonds is 6. The van der Waals surface area contributed by atoms with E-state index in [1.165, 1.54) is 0 Å². The van der Waals surface area contributed by atoms with Gasteiger partial charge >= 0.3 is 5.97 Å². The maximum absolute atomic E-state index is 10.9. The molecule has 1 aromatic rings. The van der Waals surface area contributed by atoms with Gasteiger partial charge in [0.25, 0.3) is 0 Å². The molecule has 0 aromatic carbocycles. The van der Waals surface area contributed by atoms with Crippen LogP contribution in [0.5, 0.6) is 0 Å². The van der Waals surface area contributed by atoms with Gasteiger partial charge in [0.05, 0.1) is 6.54 Å². The molecule has 0 radical (unpaired) electrons. The van der Waals surface area contributed by atoms with Crippen molar-refractivity contribution in [3.05, 3.63) is 11.7 Å². The number of aryl methyl sites for hydroxylation is 1. The molecule has 0 bridgehead atoms. The Morgan fingerprint density at radius 3 is 2.94 bits per heavy atom. The highest BCUT2D eigenvalue weighted by Gasteiger charge is 2.35. The van der Waals surface area contributed by atoms with Crippen LogP contribution in [0.25, 0.3) is 0 Å². The monoisotopic (exact) mass is 225 g/mol. The van der Waals surface area contributed by atoms with Crippen molar-refractivity contribution in [3.63, 3.8) is 0 Å². The highest BCUT2D eigenvalue weighted by molar-refractivity contribution is 5.74. The molecule has 0 aliphatic heterocycles. The van der Waals surface area contributed by atoms with Crippen molar-refractivity contribution >= 4 is 5.97 Å². The summed E-state index contributed by atoms with van der Waals surface area (Å²) < 4.78 is 4.93. The van der Waals surface area contributed by atoms with Gasteiger partial charge in [-0.15, -0.1) is 0 Å². The molecule has 1 heterocycles. The first-order chi connectivity index (χ1) is 7.70. The summed E-state index contributed by atoms with van der Waals surface area (Å²) >= 11 is 0. The standard InChI is InChI=1S/C10H15N3O3/c1-2-8-12-7(13-16-8)5-11-9(10(14)15)6-3-4-6/h6,9,11H,2-5H2,1H3,(H,14,15). The maximum Gasteiger partial charge on any atom is 0.320 e. The number of aromatic nitrogens is 2. The molecule has 16 heavy (non-hydrogen) atoms. The van der Waals surface area contributed by atoms with Crippen LogP contribution < -0.4 is 5.32 Å². The third kappa shape index (κ3) is 2.57. The molecule has 1 aliphatic rings. The van der Waals surface area contributed by atoms with Crippen molar-refractivity contribution in [3.8, 4) is 0 Å². The lowest BCUT2D eigenvalue weighted by Gasteiger charge is -2.11. The molecule has 0 amide bonds. The minimum atomic E-state index is -0.804. The van der Waals surface area contributed by atoms with E-state index in [4.69, 9.17) is 9.63 Å². The molecule has 6 nitrogen and oxygen atoms in total. The summed E-state index contributed by atoms with van der Waals surface area (Å²) in [5.41, 5.74) is 0. The first kappa shape index (κ1) is 11.1. The summed E-state index contributed by atoms with van der Waals surface area (Å²) in [6.07, 6.45) is 2.66. The van der Waals surface area contributed by atoms with Gasteiger partial charge in [0, 0.05) is 6.42 Å². The summed E-state index contributed by atoms with van der Waals surface area (Å²) in [7, 11) is 0. The van der Waals surface area contributed by atoms with E-state index in [2.05, 4.69) is 15.5 Å². The van der Waals surface area contributed by atoms with Gasteiger partial charge < -0.3 is 9.63 Å². The Labute approximate surface area is 93.0 Å². The Kier molecular flexibility index (Phi) is 3.19. The Hall–Kier alpha value is -1.43. The zero-order chi connectivity index (χ0) is 11.5. The lowest BCUT2D eigenvalue weighted by molar-refractivity contribution is -0.140. The fourth-order valence-electron chi connectivity index (χ4n) is 1.59. The molecule has 0 spiro atoms. The van der Waals surface area contributed by atoms with E-state index in [1.807, 2.05) is 6.92 Å². The predicted molar refractivity (Wildman–Crippen MR) is 54.7 cm³/mol. The number of carboxylic acids is 1. The first-order valence-electron chi connectivity index (χ1n) is 5.48. The van der Waals surface area contributed by atoms with Crippen LogP contribution in [-0.4, -0.2) is 27.3 Å². The van der Waals surface area contributed by atoms with Crippen molar-refractivity contribution in [1.82, 2.24) is 15.5 Å². The molecular weight excluding hydrogens is 210 g/mol. The van der Waals surface area contributed by atoms with Crippen molar-refractivity contribution in [2.75, 3.05) is 0 Å². The molecular formula is C10H15N3O3. The molecule has 1 atom stereocenters. The second-order valence-corrected chi connectivity index (χ2v) is 3.99. The van der Waals surface area contributed by atoms with E-state index < -0.39 is 12.0 Å². The molecule has 1 fully saturated rings. The van der Waals surface area contributed by atoms with Crippen LogP contribution in [0.3, 0.4) is 0 Å². The minimum Gasteiger partial charge on any atom is -0.480 e. The molecule has 1 saturated carbocycles. The van der Waals surface area contributed by atoms with E-state index in [0.29, 0.717) is 24.7 Å². The van der Waals surface area contributed by atoms with E-state index >= 15 is 0 Å². The lowest BCUT2D eigenvalue weighted by atomic mass is 10.2. The number of hydrogen-bond donors (Lipinski definition) is 2. The fraction of sp³-hybridized carbons (Fsp3) is 0.700. The summed E-state index contributed by atoms with van der Waals surface area (Å²) in [6.45, 7) is 2.27. The normalized spacial score (nSPS) is 17.3. The zero-order valence-corrected chi connectivity index (χ0v) is 9.14. The van der Waals surface area contributed by atoms with Gasteiger partial charge in [0.1, 0.15) is 6.04 Å². The van der Waals surface area contributed by atoms with E-state index in [1.54, 1.807) is 0 Å². The number of carboxylic acid groups (broad SMARTS) is 1. The molecule has 2 N–H and O–H groups in total. The van der Waals surface area contributed by atoms with Gasteiger partial charge in [0.15, 0.2) is 5.82 Å². The molecule has 1 unspecified atom stereocenters. The lowest BCUT2D eigenvalue weighted by Crippen LogP contribution is -2.38. The smallest absolute Gasteiger partial charge is 0.320 e. The Morgan fingerprint density at radius 2 is 2.44 bits per heavy atom. The van der Waals surface area contributed by atoms with Crippen molar-refractivity contribution in [2.45, 2.75) is 38.8 Å². The Balaban J connectivity index is 1.87. The van der Waals surface area contributed by atoms with Crippen molar-refractivity contribution < 1.29 is 14.4 Å². The quantitative estimate of drug-likeness (QED) is 0.736. The SMILES string of the molecule is CCc1nc(CNC(C(=O)O)C2CC2)no1. The number of hydrogen-bond acceptors (Lipinski definition) is 5. The van der Waals surface area contributed by atoms with Gasteiger partial charge in [-0.05, 0) is 18.8 Å². The highest BCUT2D eigenvalue weighted by atomic mass is 16.5. The number of carbonyl (C=O) groups is 1. The largest absolute Gasteiger partial charge is 0.480 e. The topological polar surface area (TPSA) is 88.2 Å². The summed E-state index contributed by atoms with van der Waals surface area (Å²) in [6, 6.07) is -0.483. The number of nitrogens with one attached hydrogen (secondary N) is 1. The minimum absolute atomic E-state index is 0.259. The summed E-state index contributed by atoms with van der Waals surface area (Å²) in [4.78, 5) is 15.0. The maximum atomic E-state index is 10.9. The molecule has 1 aliphatic carbocycles. The van der Waals surface area contributed by atoms with E-state index in [-0.39, 0.29) is 5.92 Å². The fourth-order valence-corrected chi connectivity index (χ4v) is 1.59. The van der Waals surface area contributed by atoms with Crippen LogP contribution in [0.2, 0.25) is 0 Å². The molecule has 6 heteroatoms. The molecule has 1 aromatic heterocycles. The van der Waals surface area contributed by atoms with Crippen LogP contribution in [0.1, 0.15) is 31.5 Å². The first-order valence-corrected chi connectivity index (χ1v) is 5.48. The van der Waals surface area contributed by atoms with Crippen LogP contribution in [0.15, 0.2) is 4.52 Å². The Bertz CT molecular complexity index is 373. The molecule has 0 saturated heterocycles. The summed E-state index contributed by atoms with van der Waals surface area (Å²) in [5, 5.41) is 15.7. The van der Waals surface area contributed by atoms with Gasteiger partial charge in [-0.2, -0.15) is 4.98 Å². The van der Waals surface area contributed by atoms with Crippen LogP contribution >= 0.6 is 0 Å². The highest BCUT2D eigenvalue weighted by Crippen LogP contribution is 2.32. The summed E-state index contributed by atoms with van der Waals surface area (Å²) in [5.74, 6) is 0.551. The average Bonchev–Trinajstić information content (AvgIpc) is 2.97.